The van der Waals surface area contributed by atoms with Crippen molar-refractivity contribution in [1.29, 1.82) is 0 Å². The molecule has 0 amide bonds. The molecule has 0 aliphatic carbocycles. The standard InChI is InChI=1S/C11H21F4NO/c1-8(5-16-10(2,3)4)6-17-7-11(14,15)9(12)13/h8-9,16H,5-7H2,1-4H3. The highest BCUT2D eigenvalue weighted by Gasteiger charge is 2.40. The van der Waals surface area contributed by atoms with Gasteiger partial charge in [-0.2, -0.15) is 8.78 Å². The van der Waals surface area contributed by atoms with Crippen LogP contribution in [0.25, 0.3) is 0 Å². The molecule has 104 valence electrons. The maximum Gasteiger partial charge on any atom is 0.330 e. The quantitative estimate of drug-likeness (QED) is 0.710. The molecule has 0 bridgehead atoms. The van der Waals surface area contributed by atoms with E-state index in [-0.39, 0.29) is 18.1 Å². The predicted octanol–water partition coefficient (Wildman–Crippen LogP) is 2.93. The van der Waals surface area contributed by atoms with Crippen LogP contribution in [-0.2, 0) is 4.74 Å². The lowest BCUT2D eigenvalue weighted by atomic mass is 10.1. The summed E-state index contributed by atoms with van der Waals surface area (Å²) in [6.07, 6.45) is -3.68. The average Bonchev–Trinajstić information content (AvgIpc) is 2.13. The molecule has 0 aromatic carbocycles. The van der Waals surface area contributed by atoms with E-state index < -0.39 is 19.0 Å². The fourth-order valence-electron chi connectivity index (χ4n) is 0.999. The average molecular weight is 259 g/mol. The Morgan fingerprint density at radius 1 is 1.18 bits per heavy atom. The van der Waals surface area contributed by atoms with Crippen molar-refractivity contribution in [2.75, 3.05) is 19.8 Å². The zero-order valence-electron chi connectivity index (χ0n) is 10.7. The summed E-state index contributed by atoms with van der Waals surface area (Å²) in [4.78, 5) is 0. The van der Waals surface area contributed by atoms with Crippen LogP contribution in [0, 0.1) is 5.92 Å². The molecule has 0 aromatic rings. The Bertz CT molecular complexity index is 216. The van der Waals surface area contributed by atoms with Crippen molar-refractivity contribution >= 4 is 0 Å². The van der Waals surface area contributed by atoms with Gasteiger partial charge in [0.2, 0.25) is 0 Å². The van der Waals surface area contributed by atoms with Crippen molar-refractivity contribution in [3.63, 3.8) is 0 Å². The van der Waals surface area contributed by atoms with E-state index in [2.05, 4.69) is 10.1 Å². The Morgan fingerprint density at radius 2 is 1.71 bits per heavy atom. The minimum Gasteiger partial charge on any atom is -0.375 e. The lowest BCUT2D eigenvalue weighted by Gasteiger charge is -2.24. The van der Waals surface area contributed by atoms with Gasteiger partial charge in [0.1, 0.15) is 6.61 Å². The van der Waals surface area contributed by atoms with Crippen molar-refractivity contribution in [2.45, 2.75) is 45.6 Å². The molecule has 0 saturated heterocycles. The number of ether oxygens (including phenoxy) is 1. The van der Waals surface area contributed by atoms with E-state index in [1.54, 1.807) is 6.92 Å². The molecular weight excluding hydrogens is 238 g/mol. The van der Waals surface area contributed by atoms with Crippen molar-refractivity contribution < 1.29 is 22.3 Å². The Hall–Kier alpha value is -0.360. The topological polar surface area (TPSA) is 21.3 Å². The molecule has 0 saturated carbocycles. The van der Waals surface area contributed by atoms with Gasteiger partial charge in [0.15, 0.2) is 0 Å². The summed E-state index contributed by atoms with van der Waals surface area (Å²) in [5.41, 5.74) is -0.0683. The fourth-order valence-corrected chi connectivity index (χ4v) is 0.999. The van der Waals surface area contributed by atoms with E-state index >= 15 is 0 Å². The van der Waals surface area contributed by atoms with E-state index in [1.807, 2.05) is 20.8 Å². The van der Waals surface area contributed by atoms with Gasteiger partial charge in [-0.15, -0.1) is 0 Å². The van der Waals surface area contributed by atoms with Crippen LogP contribution in [0.1, 0.15) is 27.7 Å². The molecule has 2 nitrogen and oxygen atoms in total. The third-order valence-electron chi connectivity index (χ3n) is 2.00. The first-order valence-electron chi connectivity index (χ1n) is 5.53. The van der Waals surface area contributed by atoms with Gasteiger partial charge in [-0.05, 0) is 26.7 Å². The van der Waals surface area contributed by atoms with Crippen molar-refractivity contribution in [3.8, 4) is 0 Å². The van der Waals surface area contributed by atoms with Gasteiger partial charge in [-0.1, -0.05) is 6.92 Å². The zero-order valence-corrected chi connectivity index (χ0v) is 10.7. The molecule has 1 unspecified atom stereocenters. The monoisotopic (exact) mass is 259 g/mol. The summed E-state index contributed by atoms with van der Waals surface area (Å²) in [5, 5.41) is 3.18. The van der Waals surface area contributed by atoms with Gasteiger partial charge >= 0.3 is 12.3 Å². The fraction of sp³-hybridized carbons (Fsp3) is 1.00. The summed E-state index contributed by atoms with van der Waals surface area (Å²) in [6, 6.07) is 0. The van der Waals surface area contributed by atoms with Crippen LogP contribution in [0.2, 0.25) is 0 Å². The first kappa shape index (κ1) is 16.6. The molecule has 0 fully saturated rings. The molecule has 6 heteroatoms. The zero-order chi connectivity index (χ0) is 13.7. The summed E-state index contributed by atoms with van der Waals surface area (Å²) in [5.74, 6) is -4.07. The highest BCUT2D eigenvalue weighted by molar-refractivity contribution is 4.72. The smallest absolute Gasteiger partial charge is 0.330 e. The van der Waals surface area contributed by atoms with Crippen LogP contribution in [-0.4, -0.2) is 37.6 Å². The van der Waals surface area contributed by atoms with Gasteiger partial charge in [-0.3, -0.25) is 0 Å². The second-order valence-corrected chi connectivity index (χ2v) is 5.31. The molecule has 1 atom stereocenters. The minimum atomic E-state index is -4.06. The Balaban J connectivity index is 3.75. The van der Waals surface area contributed by atoms with Crippen molar-refractivity contribution in [2.24, 2.45) is 5.92 Å². The second-order valence-electron chi connectivity index (χ2n) is 5.31. The molecule has 17 heavy (non-hydrogen) atoms. The number of nitrogens with one attached hydrogen (secondary N) is 1. The van der Waals surface area contributed by atoms with Gasteiger partial charge in [0.25, 0.3) is 0 Å². The number of halogens is 4. The number of rotatable bonds is 7. The third kappa shape index (κ3) is 8.37. The molecule has 0 heterocycles. The summed E-state index contributed by atoms with van der Waals surface area (Å²) < 4.78 is 53.2. The van der Waals surface area contributed by atoms with E-state index in [0.717, 1.165) is 0 Å². The Labute approximate surface area is 99.7 Å². The molecule has 0 rings (SSSR count). The largest absolute Gasteiger partial charge is 0.375 e. The lowest BCUT2D eigenvalue weighted by Crippen LogP contribution is -2.40. The van der Waals surface area contributed by atoms with Crippen LogP contribution in [0.5, 0.6) is 0 Å². The van der Waals surface area contributed by atoms with Crippen molar-refractivity contribution in [3.05, 3.63) is 0 Å². The SMILES string of the molecule is CC(CNC(C)(C)C)COCC(F)(F)C(F)F. The van der Waals surface area contributed by atoms with Crippen LogP contribution in [0.3, 0.4) is 0 Å². The normalized spacial score (nSPS) is 15.4. The molecule has 0 radical (unpaired) electrons. The van der Waals surface area contributed by atoms with E-state index in [9.17, 15) is 17.6 Å². The predicted molar refractivity (Wildman–Crippen MR) is 58.7 cm³/mol. The van der Waals surface area contributed by atoms with Crippen molar-refractivity contribution in [1.82, 2.24) is 5.32 Å². The third-order valence-corrected chi connectivity index (χ3v) is 2.00. The first-order chi connectivity index (χ1) is 7.54. The minimum absolute atomic E-state index is 0.0114. The molecule has 1 N–H and O–H groups in total. The van der Waals surface area contributed by atoms with Gasteiger partial charge < -0.3 is 10.1 Å². The first-order valence-corrected chi connectivity index (χ1v) is 5.53. The Kier molecular flexibility index (Phi) is 6.40. The van der Waals surface area contributed by atoms with E-state index in [0.29, 0.717) is 6.54 Å². The molecule has 0 aliphatic rings. The van der Waals surface area contributed by atoms with Gasteiger partial charge in [0, 0.05) is 12.1 Å². The number of hydrogen-bond donors (Lipinski definition) is 1. The summed E-state index contributed by atoms with van der Waals surface area (Å²) in [7, 11) is 0. The van der Waals surface area contributed by atoms with Crippen LogP contribution in [0.4, 0.5) is 17.6 Å². The number of hydrogen-bond acceptors (Lipinski definition) is 2. The Morgan fingerprint density at radius 3 is 2.12 bits per heavy atom. The van der Waals surface area contributed by atoms with Gasteiger partial charge in [-0.25, -0.2) is 8.78 Å². The van der Waals surface area contributed by atoms with Crippen LogP contribution >= 0.6 is 0 Å². The highest BCUT2D eigenvalue weighted by Crippen LogP contribution is 2.23. The summed E-state index contributed by atoms with van der Waals surface area (Å²) in [6.45, 7) is 7.13. The molecule has 0 spiro atoms. The second kappa shape index (κ2) is 6.54. The lowest BCUT2D eigenvalue weighted by molar-refractivity contribution is -0.167. The van der Waals surface area contributed by atoms with Crippen LogP contribution < -0.4 is 5.32 Å². The molecular formula is C11H21F4NO. The van der Waals surface area contributed by atoms with E-state index in [1.165, 1.54) is 0 Å². The molecule has 0 aliphatic heterocycles. The molecule has 0 aromatic heterocycles. The summed E-state index contributed by atoms with van der Waals surface area (Å²) >= 11 is 0. The number of alkyl halides is 4. The van der Waals surface area contributed by atoms with Crippen LogP contribution in [0.15, 0.2) is 0 Å². The van der Waals surface area contributed by atoms with Gasteiger partial charge in [0.05, 0.1) is 6.61 Å². The van der Waals surface area contributed by atoms with E-state index in [4.69, 9.17) is 0 Å². The highest BCUT2D eigenvalue weighted by atomic mass is 19.3. The maximum atomic E-state index is 12.5. The maximum absolute atomic E-state index is 12.5.